The zero-order valence-electron chi connectivity index (χ0n) is 13.8. The fourth-order valence-electron chi connectivity index (χ4n) is 3.49. The largest absolute Gasteiger partial charge is 0.350 e. The van der Waals surface area contributed by atoms with Crippen molar-refractivity contribution in [2.75, 3.05) is 18.8 Å². The number of amidine groups is 1. The molecule has 1 aliphatic carbocycles. The predicted molar refractivity (Wildman–Crippen MR) is 99.0 cm³/mol. The van der Waals surface area contributed by atoms with E-state index in [4.69, 9.17) is 4.99 Å². The lowest BCUT2D eigenvalue weighted by atomic mass is 10.00. The maximum atomic E-state index is 10.6. The van der Waals surface area contributed by atoms with Crippen LogP contribution in [0.15, 0.2) is 28.4 Å². The summed E-state index contributed by atoms with van der Waals surface area (Å²) in [5.41, 5.74) is 2.44. The van der Waals surface area contributed by atoms with Crippen molar-refractivity contribution in [1.29, 1.82) is 0 Å². The van der Waals surface area contributed by atoms with Gasteiger partial charge < -0.3 is 4.90 Å². The van der Waals surface area contributed by atoms with Gasteiger partial charge >= 0.3 is 0 Å². The molecule has 1 aliphatic heterocycles. The van der Waals surface area contributed by atoms with Gasteiger partial charge in [-0.3, -0.25) is 0 Å². The normalized spacial score (nSPS) is 21.6. The van der Waals surface area contributed by atoms with Crippen molar-refractivity contribution in [2.45, 2.75) is 45.4 Å². The van der Waals surface area contributed by atoms with Crippen LogP contribution in [0.3, 0.4) is 0 Å². The summed E-state index contributed by atoms with van der Waals surface area (Å²) < 4.78 is 0. The Kier molecular flexibility index (Phi) is 5.70. The van der Waals surface area contributed by atoms with Crippen LogP contribution in [0.5, 0.6) is 0 Å². The van der Waals surface area contributed by atoms with Gasteiger partial charge in [0.2, 0.25) is 0 Å². The molecule has 2 fully saturated rings. The Morgan fingerprint density at radius 3 is 2.70 bits per heavy atom. The van der Waals surface area contributed by atoms with Gasteiger partial charge in [-0.25, -0.2) is 4.99 Å². The van der Waals surface area contributed by atoms with E-state index in [0.717, 1.165) is 41.2 Å². The van der Waals surface area contributed by atoms with Crippen molar-refractivity contribution in [1.82, 2.24) is 4.90 Å². The first-order chi connectivity index (χ1) is 11.3. The van der Waals surface area contributed by atoms with Gasteiger partial charge in [-0.2, -0.15) is 0 Å². The molecule has 0 amide bonds. The summed E-state index contributed by atoms with van der Waals surface area (Å²) in [5, 5.41) is 4.13. The Morgan fingerprint density at radius 1 is 1.22 bits per heavy atom. The van der Waals surface area contributed by atoms with E-state index in [2.05, 4.69) is 10.1 Å². The second-order valence-corrected chi connectivity index (χ2v) is 7.67. The molecule has 1 heterocycles. The summed E-state index contributed by atoms with van der Waals surface area (Å²) in [6.07, 6.45) is 8.32. The van der Waals surface area contributed by atoms with Crippen LogP contribution in [0.25, 0.3) is 0 Å². The van der Waals surface area contributed by atoms with E-state index in [-0.39, 0.29) is 0 Å². The Morgan fingerprint density at radius 2 is 2.00 bits per heavy atom. The van der Waals surface area contributed by atoms with Crippen molar-refractivity contribution < 1.29 is 0 Å². The van der Waals surface area contributed by atoms with Gasteiger partial charge in [-0.1, -0.05) is 37.4 Å². The number of nitrogens with zero attached hydrogens (tertiary/aromatic N) is 3. The SMILES string of the molecule is Cc1cc(N=O)ccc1N=C1SCCN1CC1CCCCCC1. The van der Waals surface area contributed by atoms with Gasteiger partial charge in [0.1, 0.15) is 5.69 Å². The second-order valence-electron chi connectivity index (χ2n) is 6.61. The molecule has 1 aromatic rings. The molecular formula is C18H25N3OS. The van der Waals surface area contributed by atoms with Crippen LogP contribution in [0.4, 0.5) is 11.4 Å². The summed E-state index contributed by atoms with van der Waals surface area (Å²) in [4.78, 5) is 17.9. The van der Waals surface area contributed by atoms with Crippen LogP contribution in [-0.2, 0) is 0 Å². The van der Waals surface area contributed by atoms with Crippen molar-refractivity contribution in [2.24, 2.45) is 16.1 Å². The van der Waals surface area contributed by atoms with Crippen LogP contribution in [0, 0.1) is 17.7 Å². The van der Waals surface area contributed by atoms with Crippen LogP contribution >= 0.6 is 11.8 Å². The average molecular weight is 331 g/mol. The fraction of sp³-hybridized carbons (Fsp3) is 0.611. The van der Waals surface area contributed by atoms with Crippen LogP contribution in [-0.4, -0.2) is 28.9 Å². The first kappa shape index (κ1) is 16.5. The Labute approximate surface area is 142 Å². The number of benzene rings is 1. The number of rotatable bonds is 4. The molecule has 1 aromatic carbocycles. The lowest BCUT2D eigenvalue weighted by Crippen LogP contribution is -2.30. The lowest BCUT2D eigenvalue weighted by molar-refractivity contribution is 0.333. The molecule has 0 bridgehead atoms. The summed E-state index contributed by atoms with van der Waals surface area (Å²) >= 11 is 1.85. The monoisotopic (exact) mass is 331 g/mol. The molecule has 23 heavy (non-hydrogen) atoms. The summed E-state index contributed by atoms with van der Waals surface area (Å²) in [5.74, 6) is 1.95. The van der Waals surface area contributed by atoms with Gasteiger partial charge in [0, 0.05) is 18.8 Å². The van der Waals surface area contributed by atoms with Gasteiger partial charge in [0.15, 0.2) is 5.17 Å². The molecule has 0 aromatic heterocycles. The number of thioether (sulfide) groups is 1. The predicted octanol–water partition coefficient (Wildman–Crippen LogP) is 5.40. The zero-order valence-corrected chi connectivity index (χ0v) is 14.6. The van der Waals surface area contributed by atoms with E-state index in [9.17, 15) is 4.91 Å². The van der Waals surface area contributed by atoms with E-state index in [1.54, 1.807) is 6.07 Å². The summed E-state index contributed by atoms with van der Waals surface area (Å²) in [6.45, 7) is 4.25. The highest BCUT2D eigenvalue weighted by atomic mass is 32.2. The van der Waals surface area contributed by atoms with Crippen LogP contribution in [0.2, 0.25) is 0 Å². The quantitative estimate of drug-likeness (QED) is 0.548. The van der Waals surface area contributed by atoms with E-state index < -0.39 is 0 Å². The number of aryl methyl sites for hydroxylation is 1. The highest BCUT2D eigenvalue weighted by molar-refractivity contribution is 8.14. The highest BCUT2D eigenvalue weighted by Crippen LogP contribution is 2.30. The molecule has 3 rings (SSSR count). The second kappa shape index (κ2) is 7.95. The Bertz CT molecular complexity index is 580. The van der Waals surface area contributed by atoms with Gasteiger partial charge in [-0.05, 0) is 54.6 Å². The van der Waals surface area contributed by atoms with E-state index in [0.29, 0.717) is 5.69 Å². The van der Waals surface area contributed by atoms with E-state index in [1.165, 1.54) is 38.5 Å². The molecule has 0 atom stereocenters. The molecule has 0 radical (unpaired) electrons. The first-order valence-corrected chi connectivity index (χ1v) is 9.65. The van der Waals surface area contributed by atoms with E-state index >= 15 is 0 Å². The molecule has 1 saturated carbocycles. The molecule has 1 saturated heterocycles. The third-order valence-electron chi connectivity index (χ3n) is 4.82. The van der Waals surface area contributed by atoms with Gasteiger partial charge in [0.25, 0.3) is 0 Å². The minimum atomic E-state index is 0.473. The number of nitroso groups, excluding NO2 is 1. The highest BCUT2D eigenvalue weighted by Gasteiger charge is 2.23. The molecule has 0 unspecified atom stereocenters. The average Bonchev–Trinajstić information content (AvgIpc) is 2.82. The minimum Gasteiger partial charge on any atom is -0.350 e. The van der Waals surface area contributed by atoms with Crippen LogP contribution in [0.1, 0.15) is 44.1 Å². The van der Waals surface area contributed by atoms with Crippen molar-refractivity contribution in [3.8, 4) is 0 Å². The van der Waals surface area contributed by atoms with Crippen molar-refractivity contribution >= 4 is 28.3 Å². The molecular weight excluding hydrogens is 306 g/mol. The molecule has 124 valence electrons. The molecule has 2 aliphatic rings. The first-order valence-electron chi connectivity index (χ1n) is 8.67. The van der Waals surface area contributed by atoms with Gasteiger partial charge in [-0.15, -0.1) is 4.91 Å². The Hall–Kier alpha value is -1.36. The van der Waals surface area contributed by atoms with Crippen molar-refractivity contribution in [3.63, 3.8) is 0 Å². The number of hydrogen-bond donors (Lipinski definition) is 0. The smallest absolute Gasteiger partial charge is 0.164 e. The third-order valence-corrected chi connectivity index (χ3v) is 5.81. The maximum Gasteiger partial charge on any atom is 0.164 e. The number of aliphatic imine (C=N–C) groups is 1. The minimum absolute atomic E-state index is 0.473. The van der Waals surface area contributed by atoms with E-state index in [1.807, 2.05) is 30.8 Å². The molecule has 0 N–H and O–H groups in total. The summed E-state index contributed by atoms with van der Waals surface area (Å²) in [7, 11) is 0. The fourth-order valence-corrected chi connectivity index (χ4v) is 4.50. The Balaban J connectivity index is 1.71. The van der Waals surface area contributed by atoms with Gasteiger partial charge in [0.05, 0.1) is 5.69 Å². The molecule has 0 spiro atoms. The number of hydrogen-bond acceptors (Lipinski definition) is 4. The van der Waals surface area contributed by atoms with Crippen LogP contribution < -0.4 is 0 Å². The maximum absolute atomic E-state index is 10.6. The van der Waals surface area contributed by atoms with Crippen molar-refractivity contribution in [3.05, 3.63) is 28.7 Å². The third kappa shape index (κ3) is 4.34. The summed E-state index contributed by atoms with van der Waals surface area (Å²) in [6, 6.07) is 5.46. The standard InChI is InChI=1S/C18H25N3OS/c1-14-12-16(20-22)8-9-17(14)19-18-21(10-11-23-18)13-15-6-4-2-3-5-7-15/h8-9,12,15H,2-7,10-11,13H2,1H3. The molecule has 5 heteroatoms. The zero-order chi connectivity index (χ0) is 16.1. The lowest BCUT2D eigenvalue weighted by Gasteiger charge is -2.24. The topological polar surface area (TPSA) is 45.0 Å². The molecule has 4 nitrogen and oxygen atoms in total.